The van der Waals surface area contributed by atoms with Gasteiger partial charge in [0.1, 0.15) is 6.61 Å². The van der Waals surface area contributed by atoms with Crippen LogP contribution in [0.3, 0.4) is 0 Å². The fourth-order valence-corrected chi connectivity index (χ4v) is 1.26. The van der Waals surface area contributed by atoms with E-state index in [9.17, 15) is 0 Å². The molecule has 0 unspecified atom stereocenters. The summed E-state index contributed by atoms with van der Waals surface area (Å²) < 4.78 is 10.8. The van der Waals surface area contributed by atoms with E-state index in [0.29, 0.717) is 30.9 Å². The highest BCUT2D eigenvalue weighted by molar-refractivity contribution is 6.17. The molecule has 1 heterocycles. The number of nitrogens with zero attached hydrogens (tertiary/aromatic N) is 1. The van der Waals surface area contributed by atoms with Crippen molar-refractivity contribution in [3.05, 3.63) is 23.9 Å². The first kappa shape index (κ1) is 13.3. The summed E-state index contributed by atoms with van der Waals surface area (Å²) in [5.74, 6) is 1.65. The standard InChI is InChI=1S/C12H18ClNO2/c1-10(2)9-15-5-6-16-12-4-3-11(7-13)8-14-12/h3-4,8,10H,5-7,9H2,1-2H3. The second kappa shape index (κ2) is 7.47. The molecule has 0 aliphatic rings. The molecule has 3 nitrogen and oxygen atoms in total. The zero-order valence-corrected chi connectivity index (χ0v) is 10.5. The van der Waals surface area contributed by atoms with Crippen molar-refractivity contribution in [2.75, 3.05) is 19.8 Å². The van der Waals surface area contributed by atoms with Crippen LogP contribution in [-0.2, 0) is 10.6 Å². The van der Waals surface area contributed by atoms with Gasteiger partial charge in [-0.1, -0.05) is 19.9 Å². The zero-order chi connectivity index (χ0) is 11.8. The van der Waals surface area contributed by atoms with Crippen molar-refractivity contribution < 1.29 is 9.47 Å². The number of alkyl halides is 1. The fraction of sp³-hybridized carbons (Fsp3) is 0.583. The Labute approximate surface area is 102 Å². The van der Waals surface area contributed by atoms with E-state index in [4.69, 9.17) is 21.1 Å². The van der Waals surface area contributed by atoms with Gasteiger partial charge in [-0.2, -0.15) is 0 Å². The van der Waals surface area contributed by atoms with E-state index in [1.807, 2.05) is 12.1 Å². The number of aromatic nitrogens is 1. The Morgan fingerprint density at radius 1 is 1.31 bits per heavy atom. The average molecular weight is 244 g/mol. The summed E-state index contributed by atoms with van der Waals surface area (Å²) in [5, 5.41) is 0. The SMILES string of the molecule is CC(C)COCCOc1ccc(CCl)cn1. The highest BCUT2D eigenvalue weighted by Crippen LogP contribution is 2.08. The molecule has 0 atom stereocenters. The molecule has 0 radical (unpaired) electrons. The van der Waals surface area contributed by atoms with E-state index in [1.165, 1.54) is 0 Å². The molecule has 4 heteroatoms. The number of halogens is 1. The van der Waals surface area contributed by atoms with Crippen molar-refractivity contribution in [3.8, 4) is 5.88 Å². The van der Waals surface area contributed by atoms with Crippen LogP contribution in [0.1, 0.15) is 19.4 Å². The molecule has 0 aliphatic carbocycles. The summed E-state index contributed by atoms with van der Waals surface area (Å²) in [4.78, 5) is 4.12. The Bertz CT molecular complexity index is 288. The Kier molecular flexibility index (Phi) is 6.19. The Hall–Kier alpha value is -0.800. The Balaban J connectivity index is 2.16. The first-order valence-electron chi connectivity index (χ1n) is 5.44. The van der Waals surface area contributed by atoms with Crippen LogP contribution in [0.4, 0.5) is 0 Å². The first-order chi connectivity index (χ1) is 7.72. The maximum Gasteiger partial charge on any atom is 0.213 e. The fourth-order valence-electron chi connectivity index (χ4n) is 1.10. The molecule has 0 fully saturated rings. The number of rotatable bonds is 7. The van der Waals surface area contributed by atoms with Crippen molar-refractivity contribution >= 4 is 11.6 Å². The van der Waals surface area contributed by atoms with Crippen LogP contribution >= 0.6 is 11.6 Å². The molecular formula is C12H18ClNO2. The van der Waals surface area contributed by atoms with Gasteiger partial charge in [0.2, 0.25) is 5.88 Å². The molecule has 0 spiro atoms. The van der Waals surface area contributed by atoms with Crippen molar-refractivity contribution in [2.24, 2.45) is 5.92 Å². The van der Waals surface area contributed by atoms with Crippen LogP contribution in [0.2, 0.25) is 0 Å². The minimum Gasteiger partial charge on any atom is -0.475 e. The molecule has 0 bridgehead atoms. The van der Waals surface area contributed by atoms with Crippen LogP contribution in [0.15, 0.2) is 18.3 Å². The van der Waals surface area contributed by atoms with Gasteiger partial charge in [-0.15, -0.1) is 11.6 Å². The van der Waals surface area contributed by atoms with Crippen molar-refractivity contribution in [3.63, 3.8) is 0 Å². The molecule has 1 aromatic heterocycles. The lowest BCUT2D eigenvalue weighted by Crippen LogP contribution is -2.10. The van der Waals surface area contributed by atoms with E-state index in [1.54, 1.807) is 6.20 Å². The van der Waals surface area contributed by atoms with Crippen LogP contribution < -0.4 is 4.74 Å². The summed E-state index contributed by atoms with van der Waals surface area (Å²) in [6.45, 7) is 6.12. The molecule has 1 aromatic rings. The molecule has 0 saturated heterocycles. The minimum absolute atomic E-state index is 0.477. The third kappa shape index (κ3) is 5.33. The van der Waals surface area contributed by atoms with Gasteiger partial charge in [-0.3, -0.25) is 0 Å². The maximum atomic E-state index is 5.65. The topological polar surface area (TPSA) is 31.4 Å². The minimum atomic E-state index is 0.477. The van der Waals surface area contributed by atoms with Crippen LogP contribution in [0.25, 0.3) is 0 Å². The van der Waals surface area contributed by atoms with Gasteiger partial charge in [0.15, 0.2) is 0 Å². The Morgan fingerprint density at radius 3 is 2.69 bits per heavy atom. The van der Waals surface area contributed by atoms with Crippen molar-refractivity contribution in [1.82, 2.24) is 4.98 Å². The first-order valence-corrected chi connectivity index (χ1v) is 5.97. The average Bonchev–Trinajstić information content (AvgIpc) is 2.29. The highest BCUT2D eigenvalue weighted by atomic mass is 35.5. The monoisotopic (exact) mass is 243 g/mol. The molecule has 0 aliphatic heterocycles. The molecule has 16 heavy (non-hydrogen) atoms. The lowest BCUT2D eigenvalue weighted by atomic mass is 10.2. The van der Waals surface area contributed by atoms with Gasteiger partial charge in [0.05, 0.1) is 6.61 Å². The number of pyridine rings is 1. The van der Waals surface area contributed by atoms with Crippen molar-refractivity contribution in [2.45, 2.75) is 19.7 Å². The Morgan fingerprint density at radius 2 is 2.12 bits per heavy atom. The maximum absolute atomic E-state index is 5.65. The number of ether oxygens (including phenoxy) is 2. The van der Waals surface area contributed by atoms with Gasteiger partial charge in [-0.05, 0) is 11.5 Å². The van der Waals surface area contributed by atoms with Crippen LogP contribution in [0, 0.1) is 5.92 Å². The van der Waals surface area contributed by atoms with E-state index in [0.717, 1.165) is 12.2 Å². The van der Waals surface area contributed by atoms with Crippen LogP contribution in [0.5, 0.6) is 5.88 Å². The predicted molar refractivity (Wildman–Crippen MR) is 64.9 cm³/mol. The number of hydrogen-bond acceptors (Lipinski definition) is 3. The summed E-state index contributed by atoms with van der Waals surface area (Å²) in [6.07, 6.45) is 1.72. The van der Waals surface area contributed by atoms with Gasteiger partial charge in [-0.25, -0.2) is 4.98 Å². The number of hydrogen-bond donors (Lipinski definition) is 0. The molecule has 0 N–H and O–H groups in total. The van der Waals surface area contributed by atoms with E-state index < -0.39 is 0 Å². The van der Waals surface area contributed by atoms with E-state index in [2.05, 4.69) is 18.8 Å². The third-order valence-electron chi connectivity index (χ3n) is 1.88. The normalized spacial score (nSPS) is 10.8. The smallest absolute Gasteiger partial charge is 0.213 e. The second-order valence-electron chi connectivity index (χ2n) is 3.96. The molecular weight excluding hydrogens is 226 g/mol. The van der Waals surface area contributed by atoms with E-state index >= 15 is 0 Å². The summed E-state index contributed by atoms with van der Waals surface area (Å²) in [6, 6.07) is 3.73. The molecule has 1 rings (SSSR count). The van der Waals surface area contributed by atoms with Crippen molar-refractivity contribution in [1.29, 1.82) is 0 Å². The van der Waals surface area contributed by atoms with E-state index in [-0.39, 0.29) is 0 Å². The summed E-state index contributed by atoms with van der Waals surface area (Å²) in [5.41, 5.74) is 0.991. The van der Waals surface area contributed by atoms with Gasteiger partial charge in [0, 0.05) is 24.8 Å². The zero-order valence-electron chi connectivity index (χ0n) is 9.78. The highest BCUT2D eigenvalue weighted by Gasteiger charge is 1.97. The lowest BCUT2D eigenvalue weighted by molar-refractivity contribution is 0.0806. The third-order valence-corrected chi connectivity index (χ3v) is 2.19. The molecule has 90 valence electrons. The molecule has 0 amide bonds. The second-order valence-corrected chi connectivity index (χ2v) is 4.22. The predicted octanol–water partition coefficient (Wildman–Crippen LogP) is 2.87. The van der Waals surface area contributed by atoms with Gasteiger partial charge < -0.3 is 9.47 Å². The van der Waals surface area contributed by atoms with Crippen LogP contribution in [-0.4, -0.2) is 24.8 Å². The molecule has 0 saturated carbocycles. The summed E-state index contributed by atoms with van der Waals surface area (Å²) >= 11 is 5.65. The quantitative estimate of drug-likeness (QED) is 0.545. The van der Waals surface area contributed by atoms with Gasteiger partial charge in [0.25, 0.3) is 0 Å². The largest absolute Gasteiger partial charge is 0.475 e. The molecule has 0 aromatic carbocycles. The lowest BCUT2D eigenvalue weighted by Gasteiger charge is -2.08. The summed E-state index contributed by atoms with van der Waals surface area (Å²) in [7, 11) is 0. The van der Waals surface area contributed by atoms with Gasteiger partial charge >= 0.3 is 0 Å².